The molecule has 2 aromatic heterocycles. The first kappa shape index (κ1) is 34.2. The van der Waals surface area contributed by atoms with Crippen LogP contribution in [0.3, 0.4) is 0 Å². The van der Waals surface area contributed by atoms with Crippen molar-refractivity contribution in [2.75, 3.05) is 0 Å². The number of para-hydroxylation sites is 3. The fourth-order valence-corrected chi connectivity index (χ4v) is 9.02. The van der Waals surface area contributed by atoms with E-state index in [0.29, 0.717) is 34.7 Å². The van der Waals surface area contributed by atoms with Gasteiger partial charge in [-0.25, -0.2) is 15.0 Å². The van der Waals surface area contributed by atoms with Gasteiger partial charge in [0.25, 0.3) is 0 Å². The summed E-state index contributed by atoms with van der Waals surface area (Å²) in [6.45, 7) is 4.54. The monoisotopic (exact) mass is 773 g/mol. The lowest BCUT2D eigenvalue weighted by Gasteiger charge is -2.26. The van der Waals surface area contributed by atoms with E-state index in [2.05, 4.69) is 111 Å². The first-order valence-corrected chi connectivity index (χ1v) is 20.2. The van der Waals surface area contributed by atoms with Gasteiger partial charge in [-0.05, 0) is 52.1 Å². The zero-order valence-corrected chi connectivity index (χ0v) is 32.8. The predicted octanol–water partition coefficient (Wildman–Crippen LogP) is 14.3. The van der Waals surface area contributed by atoms with Crippen LogP contribution in [-0.4, -0.2) is 15.0 Å². The van der Waals surface area contributed by atoms with Gasteiger partial charge in [-0.1, -0.05) is 166 Å². The maximum atomic E-state index is 6.96. The number of hydrogen-bond donors (Lipinski definition) is 0. The van der Waals surface area contributed by atoms with E-state index in [0.717, 1.165) is 72.2 Å². The van der Waals surface area contributed by atoms with Crippen molar-refractivity contribution < 1.29 is 13.9 Å². The number of furan rings is 1. The Balaban J connectivity index is 0.935. The highest BCUT2D eigenvalue weighted by Crippen LogP contribution is 2.59. The Bertz CT molecular complexity index is 3350. The van der Waals surface area contributed by atoms with E-state index < -0.39 is 0 Å². The average molecular weight is 774 g/mol. The molecule has 0 N–H and O–H groups in total. The lowest BCUT2D eigenvalue weighted by Crippen LogP contribution is -2.15. The minimum atomic E-state index is -0.160. The zero-order chi connectivity index (χ0) is 40.0. The Kier molecular flexibility index (Phi) is 7.47. The van der Waals surface area contributed by atoms with Gasteiger partial charge in [0.05, 0.1) is 0 Å². The Labute approximate surface area is 346 Å². The normalized spacial score (nSPS) is 13.2. The van der Waals surface area contributed by atoms with Gasteiger partial charge in [0.2, 0.25) is 0 Å². The SMILES string of the molecule is CC1(C)c2ccccc2-c2c1ccc1c2Oc2c(cccc2-c2cccc(-c3nc(-c4ccccc4)nc(-c4ccc(-c5cccc6c5oc5ccccc56)cc4)n3)c2)O1. The van der Waals surface area contributed by atoms with Crippen molar-refractivity contribution >= 4 is 21.9 Å². The lowest BCUT2D eigenvalue weighted by atomic mass is 9.82. The fraction of sp³-hybridized carbons (Fsp3) is 0.0556. The van der Waals surface area contributed by atoms with Crippen molar-refractivity contribution in [3.05, 3.63) is 187 Å². The first-order chi connectivity index (χ1) is 29.5. The molecule has 0 unspecified atom stereocenters. The van der Waals surface area contributed by atoms with Gasteiger partial charge < -0.3 is 13.9 Å². The van der Waals surface area contributed by atoms with E-state index in [1.165, 1.54) is 16.7 Å². The maximum Gasteiger partial charge on any atom is 0.178 e. The highest BCUT2D eigenvalue weighted by atomic mass is 16.6. The van der Waals surface area contributed by atoms with E-state index in [1.807, 2.05) is 78.9 Å². The summed E-state index contributed by atoms with van der Waals surface area (Å²) < 4.78 is 19.9. The Morgan fingerprint density at radius 1 is 0.400 bits per heavy atom. The van der Waals surface area contributed by atoms with Crippen LogP contribution in [-0.2, 0) is 5.41 Å². The van der Waals surface area contributed by atoms with E-state index in [9.17, 15) is 0 Å². The molecule has 10 aromatic rings. The topological polar surface area (TPSA) is 70.3 Å². The third kappa shape index (κ3) is 5.31. The molecule has 0 radical (unpaired) electrons. The van der Waals surface area contributed by atoms with Crippen molar-refractivity contribution in [2.45, 2.75) is 19.3 Å². The number of hydrogen-bond acceptors (Lipinski definition) is 6. The molecule has 0 bridgehead atoms. The van der Waals surface area contributed by atoms with E-state index in [1.54, 1.807) is 0 Å². The molecule has 0 spiro atoms. The van der Waals surface area contributed by atoms with Crippen molar-refractivity contribution in [3.63, 3.8) is 0 Å². The summed E-state index contributed by atoms with van der Waals surface area (Å²) in [7, 11) is 0. The highest BCUT2D eigenvalue weighted by Gasteiger charge is 2.40. The molecule has 2 aliphatic rings. The van der Waals surface area contributed by atoms with Crippen LogP contribution in [0.5, 0.6) is 23.0 Å². The summed E-state index contributed by atoms with van der Waals surface area (Å²) in [5.41, 5.74) is 13.0. The van der Waals surface area contributed by atoms with Crippen LogP contribution in [0.15, 0.2) is 180 Å². The molecule has 6 nitrogen and oxygen atoms in total. The second-order valence-electron chi connectivity index (χ2n) is 15.9. The largest absolute Gasteiger partial charge is 0.455 e. The van der Waals surface area contributed by atoms with Gasteiger partial charge in [0.15, 0.2) is 40.5 Å². The first-order valence-electron chi connectivity index (χ1n) is 20.2. The molecule has 60 heavy (non-hydrogen) atoms. The predicted molar refractivity (Wildman–Crippen MR) is 238 cm³/mol. The molecule has 0 fully saturated rings. The van der Waals surface area contributed by atoms with Crippen LogP contribution in [0.1, 0.15) is 25.0 Å². The van der Waals surface area contributed by atoms with Gasteiger partial charge in [-0.3, -0.25) is 0 Å². The summed E-state index contributed by atoms with van der Waals surface area (Å²) in [5, 5.41) is 2.21. The summed E-state index contributed by atoms with van der Waals surface area (Å²) >= 11 is 0. The minimum absolute atomic E-state index is 0.160. The van der Waals surface area contributed by atoms with Gasteiger partial charge in [-0.15, -0.1) is 0 Å². The van der Waals surface area contributed by atoms with Gasteiger partial charge in [0.1, 0.15) is 11.2 Å². The number of aromatic nitrogens is 3. The summed E-state index contributed by atoms with van der Waals surface area (Å²) in [6, 6.07) is 60.0. The van der Waals surface area contributed by atoms with Crippen LogP contribution in [0.4, 0.5) is 0 Å². The van der Waals surface area contributed by atoms with Crippen LogP contribution in [0.25, 0.3) is 89.5 Å². The Morgan fingerprint density at radius 2 is 1.00 bits per heavy atom. The molecular formula is C54H35N3O3. The third-order valence-corrected chi connectivity index (χ3v) is 12.0. The number of ether oxygens (including phenoxy) is 2. The molecule has 1 aliphatic carbocycles. The van der Waals surface area contributed by atoms with Crippen molar-refractivity contribution in [2.24, 2.45) is 0 Å². The average Bonchev–Trinajstić information content (AvgIpc) is 3.80. The molecule has 0 saturated heterocycles. The lowest BCUT2D eigenvalue weighted by molar-refractivity contribution is 0.361. The molecule has 284 valence electrons. The standard InChI is InChI=1S/C54H35N3O3/c1-54(2)42-22-8-6-18-41(42)47-43(54)29-30-46-50(47)60-49-38(20-12-24-45(49)58-46)35-15-10-16-36(31-35)53-56-51(33-13-4-3-5-14-33)55-52(57-53)34-27-25-32(26-28-34)37-19-11-21-40-39-17-7-9-23-44(39)59-48(37)40/h3-31H,1-2H3. The van der Waals surface area contributed by atoms with Gasteiger partial charge in [0, 0.05) is 49.6 Å². The molecule has 0 saturated carbocycles. The second kappa shape index (κ2) is 13.1. The van der Waals surface area contributed by atoms with Crippen molar-refractivity contribution in [3.8, 4) is 90.5 Å². The fourth-order valence-electron chi connectivity index (χ4n) is 9.02. The van der Waals surface area contributed by atoms with Crippen LogP contribution >= 0.6 is 0 Å². The molecule has 0 atom stereocenters. The maximum absolute atomic E-state index is 6.96. The van der Waals surface area contributed by atoms with Gasteiger partial charge in [-0.2, -0.15) is 0 Å². The number of fused-ring (bicyclic) bond motifs is 9. The minimum Gasteiger partial charge on any atom is -0.455 e. The number of rotatable bonds is 5. The second-order valence-corrected chi connectivity index (χ2v) is 15.9. The molecular weight excluding hydrogens is 739 g/mol. The number of nitrogens with zero attached hydrogens (tertiary/aromatic N) is 3. The Morgan fingerprint density at radius 3 is 1.85 bits per heavy atom. The quantitative estimate of drug-likeness (QED) is 0.173. The zero-order valence-electron chi connectivity index (χ0n) is 32.8. The molecule has 1 aliphatic heterocycles. The van der Waals surface area contributed by atoms with Crippen molar-refractivity contribution in [1.29, 1.82) is 0 Å². The highest BCUT2D eigenvalue weighted by molar-refractivity contribution is 6.09. The number of benzene rings is 8. The molecule has 0 amide bonds. The summed E-state index contributed by atoms with van der Waals surface area (Å²) in [6.07, 6.45) is 0. The molecule has 8 aromatic carbocycles. The molecule has 3 heterocycles. The van der Waals surface area contributed by atoms with Crippen LogP contribution < -0.4 is 9.47 Å². The summed E-state index contributed by atoms with van der Waals surface area (Å²) in [5.74, 6) is 4.56. The third-order valence-electron chi connectivity index (χ3n) is 12.0. The van der Waals surface area contributed by atoms with Gasteiger partial charge >= 0.3 is 0 Å². The van der Waals surface area contributed by atoms with E-state index >= 15 is 0 Å². The summed E-state index contributed by atoms with van der Waals surface area (Å²) in [4.78, 5) is 15.2. The van der Waals surface area contributed by atoms with Crippen molar-refractivity contribution in [1.82, 2.24) is 15.0 Å². The van der Waals surface area contributed by atoms with E-state index in [-0.39, 0.29) is 5.41 Å². The van der Waals surface area contributed by atoms with Crippen LogP contribution in [0.2, 0.25) is 0 Å². The molecule has 6 heteroatoms. The Hall–Kier alpha value is -7.83. The van der Waals surface area contributed by atoms with Crippen LogP contribution in [0, 0.1) is 0 Å². The molecule has 12 rings (SSSR count). The van der Waals surface area contributed by atoms with E-state index in [4.69, 9.17) is 28.8 Å². The smallest absolute Gasteiger partial charge is 0.178 e.